The van der Waals surface area contributed by atoms with Crippen LogP contribution in [0.5, 0.6) is 5.75 Å². The van der Waals surface area contributed by atoms with Gasteiger partial charge in [-0.1, -0.05) is 58.9 Å². The second-order valence-corrected chi connectivity index (χ2v) is 11.3. The molecule has 0 fully saturated rings. The Balaban J connectivity index is 0.000000423. The van der Waals surface area contributed by atoms with Crippen molar-refractivity contribution in [3.8, 4) is 5.75 Å². The molecule has 0 heterocycles. The van der Waals surface area contributed by atoms with Gasteiger partial charge >= 0.3 is 24.3 Å². The highest BCUT2D eigenvalue weighted by Gasteiger charge is 2.37. The highest BCUT2D eigenvalue weighted by atomic mass is 19.4. The number of hydrogen-bond acceptors (Lipinski definition) is 4. The van der Waals surface area contributed by atoms with Crippen molar-refractivity contribution in [2.45, 2.75) is 124 Å². The van der Waals surface area contributed by atoms with Crippen LogP contribution >= 0.6 is 0 Å². The van der Waals surface area contributed by atoms with E-state index in [2.05, 4.69) is 13.8 Å². The van der Waals surface area contributed by atoms with Crippen molar-refractivity contribution in [1.82, 2.24) is 0 Å². The molecule has 0 amide bonds. The van der Waals surface area contributed by atoms with Gasteiger partial charge in [0.15, 0.2) is 0 Å². The summed E-state index contributed by atoms with van der Waals surface area (Å²) in [4.78, 5) is 23.3. The molecular formula is C32H44F6O4. The smallest absolute Gasteiger partial charge is 0.399 e. The molecule has 0 bridgehead atoms. The predicted octanol–water partition coefficient (Wildman–Crippen LogP) is 10.5. The minimum absolute atomic E-state index is 0.00892. The first-order valence-electron chi connectivity index (χ1n) is 14.4. The Morgan fingerprint density at radius 1 is 0.786 bits per heavy atom. The number of rotatable bonds is 12. The van der Waals surface area contributed by atoms with Gasteiger partial charge < -0.3 is 9.47 Å². The number of esters is 2. The van der Waals surface area contributed by atoms with Crippen LogP contribution in [0.1, 0.15) is 111 Å². The zero-order valence-corrected chi connectivity index (χ0v) is 25.6. The van der Waals surface area contributed by atoms with Crippen LogP contribution in [0.3, 0.4) is 0 Å². The van der Waals surface area contributed by atoms with Gasteiger partial charge in [-0.3, -0.25) is 9.59 Å². The van der Waals surface area contributed by atoms with Gasteiger partial charge in [0.05, 0.1) is 5.41 Å². The van der Waals surface area contributed by atoms with Crippen LogP contribution < -0.4 is 4.74 Å². The van der Waals surface area contributed by atoms with Crippen molar-refractivity contribution in [3.05, 3.63) is 42.0 Å². The molecule has 0 aliphatic heterocycles. The van der Waals surface area contributed by atoms with Crippen molar-refractivity contribution in [3.63, 3.8) is 0 Å². The molecule has 4 nitrogen and oxygen atoms in total. The van der Waals surface area contributed by atoms with Crippen LogP contribution in [-0.4, -0.2) is 29.9 Å². The van der Waals surface area contributed by atoms with E-state index in [-0.39, 0.29) is 24.6 Å². The molecule has 0 spiro atoms. The summed E-state index contributed by atoms with van der Waals surface area (Å²) in [6.07, 6.45) is -8.15. The largest absolute Gasteiger partial charge is 0.459 e. The summed E-state index contributed by atoms with van der Waals surface area (Å²) in [5, 5.41) is 1.79. The molecule has 0 radical (unpaired) electrons. The van der Waals surface area contributed by atoms with E-state index in [0.717, 1.165) is 17.2 Å². The molecule has 0 saturated heterocycles. The SMILES string of the molecule is CCC(C)c1ccc2cc(OC(=O)CC(F)(F)F)ccc2c1.CCC(CC)(CCCC(F)(F)F)OC(=O)C(C)(C)CC. The second kappa shape index (κ2) is 15.6. The maximum atomic E-state index is 12.2. The normalized spacial score (nSPS) is 13.3. The fourth-order valence-electron chi connectivity index (χ4n) is 4.07. The van der Waals surface area contributed by atoms with Gasteiger partial charge in [-0.05, 0) is 86.8 Å². The van der Waals surface area contributed by atoms with Gasteiger partial charge in [0, 0.05) is 6.42 Å². The number of ether oxygens (including phenoxy) is 2. The van der Waals surface area contributed by atoms with Crippen molar-refractivity contribution in [2.75, 3.05) is 0 Å². The number of carbonyl (C=O) groups excluding carboxylic acids is 2. The van der Waals surface area contributed by atoms with Gasteiger partial charge in [0.1, 0.15) is 17.8 Å². The summed E-state index contributed by atoms with van der Waals surface area (Å²) in [7, 11) is 0. The summed E-state index contributed by atoms with van der Waals surface area (Å²) in [6, 6.07) is 10.7. The maximum absolute atomic E-state index is 12.2. The highest BCUT2D eigenvalue weighted by molar-refractivity contribution is 5.85. The molecule has 10 heteroatoms. The number of fused-ring (bicyclic) bond motifs is 1. The Labute approximate surface area is 245 Å². The molecule has 2 aromatic rings. The topological polar surface area (TPSA) is 52.6 Å². The first kappa shape index (κ1) is 37.2. The summed E-state index contributed by atoms with van der Waals surface area (Å²) in [5.74, 6) is -1.06. The van der Waals surface area contributed by atoms with E-state index >= 15 is 0 Å². The number of hydrogen-bond donors (Lipinski definition) is 0. The van der Waals surface area contributed by atoms with E-state index < -0.39 is 42.2 Å². The summed E-state index contributed by atoms with van der Waals surface area (Å²) in [6.45, 7) is 13.4. The molecule has 0 N–H and O–H groups in total. The number of benzene rings is 2. The average Bonchev–Trinajstić information content (AvgIpc) is 2.90. The molecular weight excluding hydrogens is 562 g/mol. The number of alkyl halides is 6. The van der Waals surface area contributed by atoms with Gasteiger partial charge in [-0.25, -0.2) is 0 Å². The van der Waals surface area contributed by atoms with E-state index in [0.29, 0.717) is 25.2 Å². The Kier molecular flexibility index (Phi) is 13.9. The monoisotopic (exact) mass is 606 g/mol. The molecule has 0 aliphatic rings. The standard InChI is InChI=1S/C17H17F3O2.C15H27F3O2/c1-3-11(2)12-4-5-14-9-15(7-6-13(14)8-12)22-16(21)10-17(18,19)20;1-6-13(4,5)12(19)20-14(7-2,8-3)10-9-11-15(16,17)18/h4-9,11H,3,10H2,1-2H3;6-11H2,1-5H3. The predicted molar refractivity (Wildman–Crippen MR) is 152 cm³/mol. The Morgan fingerprint density at radius 2 is 1.36 bits per heavy atom. The minimum Gasteiger partial charge on any atom is -0.459 e. The molecule has 1 atom stereocenters. The van der Waals surface area contributed by atoms with Crippen LogP contribution in [0.2, 0.25) is 0 Å². The van der Waals surface area contributed by atoms with Crippen LogP contribution in [0.15, 0.2) is 36.4 Å². The van der Waals surface area contributed by atoms with E-state index in [1.54, 1.807) is 26.0 Å². The summed E-state index contributed by atoms with van der Waals surface area (Å²) < 4.78 is 83.4. The van der Waals surface area contributed by atoms with E-state index in [1.165, 1.54) is 11.6 Å². The van der Waals surface area contributed by atoms with Crippen LogP contribution in [-0.2, 0) is 14.3 Å². The van der Waals surface area contributed by atoms with E-state index in [9.17, 15) is 35.9 Å². The molecule has 42 heavy (non-hydrogen) atoms. The van der Waals surface area contributed by atoms with Gasteiger partial charge in [0.2, 0.25) is 0 Å². The minimum atomic E-state index is -4.56. The summed E-state index contributed by atoms with van der Waals surface area (Å²) >= 11 is 0. The third-order valence-corrected chi connectivity index (χ3v) is 7.72. The van der Waals surface area contributed by atoms with Gasteiger partial charge in [0.25, 0.3) is 0 Å². The molecule has 0 saturated carbocycles. The quantitative estimate of drug-likeness (QED) is 0.137. The van der Waals surface area contributed by atoms with Gasteiger partial charge in [-0.15, -0.1) is 0 Å². The lowest BCUT2D eigenvalue weighted by Gasteiger charge is -2.35. The Hall–Kier alpha value is -2.78. The van der Waals surface area contributed by atoms with Crippen LogP contribution in [0.4, 0.5) is 26.3 Å². The summed E-state index contributed by atoms with van der Waals surface area (Å²) in [5.41, 5.74) is -0.161. The lowest BCUT2D eigenvalue weighted by Crippen LogP contribution is -2.39. The van der Waals surface area contributed by atoms with E-state index in [1.807, 2.05) is 39.0 Å². The lowest BCUT2D eigenvalue weighted by molar-refractivity contribution is -0.174. The zero-order chi connectivity index (χ0) is 32.4. The molecule has 2 aromatic carbocycles. The first-order chi connectivity index (χ1) is 19.3. The third-order valence-electron chi connectivity index (χ3n) is 7.72. The van der Waals surface area contributed by atoms with Crippen molar-refractivity contribution >= 4 is 22.7 Å². The van der Waals surface area contributed by atoms with Crippen LogP contribution in [0.25, 0.3) is 10.8 Å². The number of carbonyl (C=O) groups is 2. The fourth-order valence-corrected chi connectivity index (χ4v) is 4.07. The zero-order valence-electron chi connectivity index (χ0n) is 25.6. The Bertz CT molecular complexity index is 1150. The maximum Gasteiger partial charge on any atom is 0.399 e. The molecule has 1 unspecified atom stereocenters. The van der Waals surface area contributed by atoms with E-state index in [4.69, 9.17) is 9.47 Å². The van der Waals surface area contributed by atoms with Crippen molar-refractivity contribution < 1.29 is 45.4 Å². The molecule has 0 aliphatic carbocycles. The highest BCUT2D eigenvalue weighted by Crippen LogP contribution is 2.34. The second-order valence-electron chi connectivity index (χ2n) is 11.3. The molecule has 238 valence electrons. The van der Waals surface area contributed by atoms with Gasteiger partial charge in [-0.2, -0.15) is 26.3 Å². The number of halogens is 6. The first-order valence-corrected chi connectivity index (χ1v) is 14.4. The van der Waals surface area contributed by atoms with Crippen molar-refractivity contribution in [2.24, 2.45) is 5.41 Å². The van der Waals surface area contributed by atoms with Crippen molar-refractivity contribution in [1.29, 1.82) is 0 Å². The molecule has 2 rings (SSSR count). The van der Waals surface area contributed by atoms with Crippen LogP contribution in [0, 0.1) is 5.41 Å². The molecule has 0 aromatic heterocycles. The average molecular weight is 607 g/mol. The third kappa shape index (κ3) is 12.6. The lowest BCUT2D eigenvalue weighted by atomic mass is 9.87. The fraction of sp³-hybridized carbons (Fsp3) is 0.625. The Morgan fingerprint density at radius 3 is 1.86 bits per heavy atom.